The molecule has 0 aromatic carbocycles. The number of halogens is 1. The predicted molar refractivity (Wildman–Crippen MR) is 39.7 cm³/mol. The van der Waals surface area contributed by atoms with Gasteiger partial charge in [0.15, 0.2) is 0 Å². The zero-order chi connectivity index (χ0) is 9.14. The van der Waals surface area contributed by atoms with Gasteiger partial charge in [-0.05, 0) is 12.8 Å². The first-order valence-corrected chi connectivity index (χ1v) is 3.91. The summed E-state index contributed by atoms with van der Waals surface area (Å²) in [5, 5.41) is 17.6. The zero-order valence-corrected chi connectivity index (χ0v) is 6.61. The van der Waals surface area contributed by atoms with Gasteiger partial charge >= 0.3 is 6.09 Å². The molecule has 1 amide bonds. The molecule has 1 rings (SSSR count). The average molecular weight is 177 g/mol. The summed E-state index contributed by atoms with van der Waals surface area (Å²) in [5.74, 6) is 0. The van der Waals surface area contributed by atoms with Crippen LogP contribution in [0.3, 0.4) is 0 Å². The van der Waals surface area contributed by atoms with E-state index in [-0.39, 0.29) is 25.9 Å². The van der Waals surface area contributed by atoms with Crippen molar-refractivity contribution in [2.45, 2.75) is 25.1 Å². The van der Waals surface area contributed by atoms with Crippen LogP contribution in [0.1, 0.15) is 12.8 Å². The van der Waals surface area contributed by atoms with E-state index in [1.165, 1.54) is 0 Å². The molecule has 1 saturated heterocycles. The highest BCUT2D eigenvalue weighted by atomic mass is 19.1. The quantitative estimate of drug-likeness (QED) is 0.565. The highest BCUT2D eigenvalue weighted by Crippen LogP contribution is 2.14. The van der Waals surface area contributed by atoms with Gasteiger partial charge in [-0.25, -0.2) is 9.18 Å². The molecule has 0 aromatic rings. The van der Waals surface area contributed by atoms with Crippen LogP contribution in [0.15, 0.2) is 0 Å². The van der Waals surface area contributed by atoms with E-state index in [0.29, 0.717) is 0 Å². The molecule has 5 heteroatoms. The number of hydrogen-bond acceptors (Lipinski definition) is 2. The fourth-order valence-electron chi connectivity index (χ4n) is 1.24. The second-order valence-electron chi connectivity index (χ2n) is 2.93. The van der Waals surface area contributed by atoms with Crippen molar-refractivity contribution in [1.82, 2.24) is 4.90 Å². The van der Waals surface area contributed by atoms with E-state index in [9.17, 15) is 9.18 Å². The van der Waals surface area contributed by atoms with Gasteiger partial charge in [-0.1, -0.05) is 0 Å². The number of carboxylic acid groups (broad SMARTS) is 1. The van der Waals surface area contributed by atoms with Crippen LogP contribution in [0.5, 0.6) is 0 Å². The van der Waals surface area contributed by atoms with E-state index in [2.05, 4.69) is 0 Å². The van der Waals surface area contributed by atoms with E-state index >= 15 is 0 Å². The number of alkyl halides is 1. The average Bonchev–Trinajstić information content (AvgIpc) is 2.16. The van der Waals surface area contributed by atoms with Crippen LogP contribution in [0.25, 0.3) is 0 Å². The second-order valence-corrected chi connectivity index (χ2v) is 2.93. The Morgan fingerprint density at radius 3 is 2.58 bits per heavy atom. The Bertz CT molecular complexity index is 164. The number of rotatable bonds is 0. The minimum absolute atomic E-state index is 0.0907. The second kappa shape index (κ2) is 3.71. The molecular weight excluding hydrogens is 165 g/mol. The third-order valence-corrected chi connectivity index (χ3v) is 2.06. The van der Waals surface area contributed by atoms with Gasteiger partial charge in [-0.2, -0.15) is 0 Å². The third-order valence-electron chi connectivity index (χ3n) is 2.06. The summed E-state index contributed by atoms with van der Waals surface area (Å²) >= 11 is 0. The lowest BCUT2D eigenvalue weighted by atomic mass is 10.1. The predicted octanol–water partition coefficient (Wildman–Crippen LogP) is 0.459. The van der Waals surface area contributed by atoms with Crippen LogP contribution in [-0.2, 0) is 0 Å². The van der Waals surface area contributed by atoms with Gasteiger partial charge in [0.05, 0.1) is 6.10 Å². The lowest BCUT2D eigenvalue weighted by molar-refractivity contribution is 0.0755. The number of aliphatic hydroxyl groups is 1. The Kier molecular flexibility index (Phi) is 2.86. The van der Waals surface area contributed by atoms with Crippen molar-refractivity contribution in [1.29, 1.82) is 0 Å². The minimum atomic E-state index is -1.28. The van der Waals surface area contributed by atoms with Crippen LogP contribution < -0.4 is 0 Å². The molecule has 70 valence electrons. The van der Waals surface area contributed by atoms with Crippen molar-refractivity contribution < 1.29 is 19.4 Å². The maximum atomic E-state index is 12.8. The Labute approximate surface area is 69.6 Å². The molecular formula is C7H12FNO3. The van der Waals surface area contributed by atoms with Crippen molar-refractivity contribution in [3.63, 3.8) is 0 Å². The molecule has 0 saturated carbocycles. The van der Waals surface area contributed by atoms with Gasteiger partial charge in [0, 0.05) is 13.1 Å². The number of hydrogen-bond donors (Lipinski definition) is 2. The molecule has 0 aromatic heterocycles. The van der Waals surface area contributed by atoms with E-state index in [0.717, 1.165) is 4.90 Å². The molecule has 2 N–H and O–H groups in total. The fourth-order valence-corrected chi connectivity index (χ4v) is 1.24. The SMILES string of the molecule is O=C(O)N1CCC(O)C(F)CC1. The maximum Gasteiger partial charge on any atom is 0.407 e. The topological polar surface area (TPSA) is 60.8 Å². The summed E-state index contributed by atoms with van der Waals surface area (Å²) in [7, 11) is 0. The molecule has 0 bridgehead atoms. The Hall–Kier alpha value is -0.840. The lowest BCUT2D eigenvalue weighted by Gasteiger charge is -2.14. The third kappa shape index (κ3) is 2.07. The zero-order valence-electron chi connectivity index (χ0n) is 6.61. The Morgan fingerprint density at radius 1 is 1.42 bits per heavy atom. The summed E-state index contributed by atoms with van der Waals surface area (Å²) in [4.78, 5) is 11.6. The molecule has 0 spiro atoms. The van der Waals surface area contributed by atoms with Crippen LogP contribution in [-0.4, -0.2) is 46.6 Å². The summed E-state index contributed by atoms with van der Waals surface area (Å²) in [5.41, 5.74) is 0. The van der Waals surface area contributed by atoms with E-state index < -0.39 is 18.4 Å². The van der Waals surface area contributed by atoms with Gasteiger partial charge < -0.3 is 15.1 Å². The molecule has 1 aliphatic rings. The molecule has 0 radical (unpaired) electrons. The van der Waals surface area contributed by atoms with Crippen LogP contribution >= 0.6 is 0 Å². The molecule has 4 nitrogen and oxygen atoms in total. The van der Waals surface area contributed by atoms with Gasteiger partial charge in [0.25, 0.3) is 0 Å². The Balaban J connectivity index is 2.49. The molecule has 1 fully saturated rings. The normalized spacial score (nSPS) is 31.3. The summed E-state index contributed by atoms with van der Waals surface area (Å²) in [6.07, 6.45) is -3.05. The first kappa shape index (κ1) is 9.25. The van der Waals surface area contributed by atoms with Crippen LogP contribution in [0, 0.1) is 0 Å². The minimum Gasteiger partial charge on any atom is -0.465 e. The highest BCUT2D eigenvalue weighted by molar-refractivity contribution is 5.64. The Morgan fingerprint density at radius 2 is 2.00 bits per heavy atom. The summed E-state index contributed by atoms with van der Waals surface area (Å²) in [6, 6.07) is 0. The molecule has 12 heavy (non-hydrogen) atoms. The van der Waals surface area contributed by atoms with Crippen molar-refractivity contribution in [3.8, 4) is 0 Å². The molecule has 1 aliphatic heterocycles. The molecule has 1 heterocycles. The van der Waals surface area contributed by atoms with Crippen molar-refractivity contribution in [3.05, 3.63) is 0 Å². The van der Waals surface area contributed by atoms with E-state index in [4.69, 9.17) is 10.2 Å². The monoisotopic (exact) mass is 177 g/mol. The standard InChI is InChI=1S/C7H12FNO3/c8-5-1-3-9(7(11)12)4-2-6(5)10/h5-6,10H,1-4H2,(H,11,12). The number of nitrogens with zero attached hydrogens (tertiary/aromatic N) is 1. The van der Waals surface area contributed by atoms with Crippen molar-refractivity contribution >= 4 is 6.09 Å². The van der Waals surface area contributed by atoms with Gasteiger partial charge in [-0.3, -0.25) is 0 Å². The number of aliphatic hydroxyl groups excluding tert-OH is 1. The summed E-state index contributed by atoms with van der Waals surface area (Å²) in [6.45, 7) is 0.393. The first-order chi connectivity index (χ1) is 5.61. The van der Waals surface area contributed by atoms with Crippen LogP contribution in [0.2, 0.25) is 0 Å². The maximum absolute atomic E-state index is 12.8. The number of amides is 1. The number of likely N-dealkylation sites (tertiary alicyclic amines) is 1. The largest absolute Gasteiger partial charge is 0.465 e. The smallest absolute Gasteiger partial charge is 0.407 e. The van der Waals surface area contributed by atoms with Gasteiger partial charge in [-0.15, -0.1) is 0 Å². The first-order valence-electron chi connectivity index (χ1n) is 3.91. The number of carbonyl (C=O) groups is 1. The van der Waals surface area contributed by atoms with Crippen molar-refractivity contribution in [2.24, 2.45) is 0 Å². The van der Waals surface area contributed by atoms with E-state index in [1.54, 1.807) is 0 Å². The lowest BCUT2D eigenvalue weighted by Crippen LogP contribution is -2.30. The van der Waals surface area contributed by atoms with Gasteiger partial charge in [0.1, 0.15) is 6.17 Å². The highest BCUT2D eigenvalue weighted by Gasteiger charge is 2.25. The molecule has 2 unspecified atom stereocenters. The molecule has 2 atom stereocenters. The fraction of sp³-hybridized carbons (Fsp3) is 0.857. The molecule has 0 aliphatic carbocycles. The van der Waals surface area contributed by atoms with E-state index in [1.807, 2.05) is 0 Å². The van der Waals surface area contributed by atoms with Crippen molar-refractivity contribution in [2.75, 3.05) is 13.1 Å². The van der Waals surface area contributed by atoms with Crippen LogP contribution in [0.4, 0.5) is 9.18 Å². The summed E-state index contributed by atoms with van der Waals surface area (Å²) < 4.78 is 12.8. The van der Waals surface area contributed by atoms with Gasteiger partial charge in [0.2, 0.25) is 0 Å².